The van der Waals surface area contributed by atoms with E-state index in [1.165, 1.54) is 6.92 Å². The van der Waals surface area contributed by atoms with E-state index in [4.69, 9.17) is 15.2 Å². The molecule has 1 unspecified atom stereocenters. The number of rotatable bonds is 4. The first-order valence-corrected chi connectivity index (χ1v) is 15.4. The second-order valence-electron chi connectivity index (χ2n) is 11.1. The number of likely N-dealkylation sites (tertiary alicyclic amines) is 1. The van der Waals surface area contributed by atoms with Crippen LogP contribution in [0, 0.1) is 24.5 Å². The summed E-state index contributed by atoms with van der Waals surface area (Å²) < 4.78 is 85.8. The zero-order valence-corrected chi connectivity index (χ0v) is 26.6. The molecule has 3 aromatic rings. The Morgan fingerprint density at radius 1 is 1.09 bits per heavy atom. The highest BCUT2D eigenvalue weighted by molar-refractivity contribution is 5.96. The highest BCUT2D eigenvalue weighted by Crippen LogP contribution is 2.44. The first-order chi connectivity index (χ1) is 21.8. The molecule has 2 aliphatic heterocycles. The predicted octanol–water partition coefficient (Wildman–Crippen LogP) is 5.72. The fraction of sp³-hybridized carbons (Fsp3) is 0.548. The topological polar surface area (TPSA) is 128 Å². The van der Waals surface area contributed by atoms with E-state index in [2.05, 4.69) is 25.6 Å². The first kappa shape index (κ1) is 34.9. The number of amides is 1. The number of hydrogen-bond donors (Lipinski definition) is 3. The minimum absolute atomic E-state index is 0.00425. The molecule has 1 atom stereocenters. The molecule has 1 fully saturated rings. The van der Waals surface area contributed by atoms with E-state index in [1.54, 1.807) is 11.8 Å². The zero-order valence-electron chi connectivity index (χ0n) is 26.6. The summed E-state index contributed by atoms with van der Waals surface area (Å²) in [7, 11) is 0. The summed E-state index contributed by atoms with van der Waals surface area (Å²) in [5.41, 5.74) is 1.06. The van der Waals surface area contributed by atoms with Crippen molar-refractivity contribution in [1.29, 1.82) is 0 Å². The molecule has 1 aromatic carbocycles. The molecular weight excluding hydrogens is 613 g/mol. The van der Waals surface area contributed by atoms with Crippen LogP contribution in [0.25, 0.3) is 22.2 Å². The Balaban J connectivity index is 0.00000235. The van der Waals surface area contributed by atoms with Crippen LogP contribution < -0.4 is 25.8 Å². The van der Waals surface area contributed by atoms with Crippen LogP contribution in [0.3, 0.4) is 0 Å². The van der Waals surface area contributed by atoms with Gasteiger partial charge in [0.25, 0.3) is 0 Å². The number of aromatic nitrogens is 3. The third-order valence-electron chi connectivity index (χ3n) is 7.94. The molecule has 0 bridgehead atoms. The number of halogens is 5. The third-order valence-corrected chi connectivity index (χ3v) is 7.94. The molecule has 0 spiro atoms. The largest absolute Gasteiger partial charge is 0.474 e. The molecule has 46 heavy (non-hydrogen) atoms. The SMILES string of the molecule is CC.CC(=O)N1CCC(COc2nc3c4c(nc(-c5cc(N)c(F)c(C)c5C(F)(F)F)c(F)c4n2)OC(C)CCNCCN3)CC1. The number of nitrogens with zero attached hydrogens (tertiary/aromatic N) is 4. The highest BCUT2D eigenvalue weighted by atomic mass is 19.4. The zero-order chi connectivity index (χ0) is 33.8. The smallest absolute Gasteiger partial charge is 0.417 e. The molecule has 0 radical (unpaired) electrons. The van der Waals surface area contributed by atoms with Gasteiger partial charge in [0.2, 0.25) is 11.8 Å². The minimum atomic E-state index is -5.06. The molecule has 2 aliphatic rings. The maximum Gasteiger partial charge on any atom is 0.417 e. The average Bonchev–Trinajstić information content (AvgIpc) is 3.05. The van der Waals surface area contributed by atoms with Gasteiger partial charge in [-0.3, -0.25) is 4.79 Å². The number of pyridine rings is 1. The number of carbonyl (C=O) groups excluding carboxylic acids is 1. The van der Waals surface area contributed by atoms with Gasteiger partial charge in [0.05, 0.1) is 24.0 Å². The van der Waals surface area contributed by atoms with Crippen molar-refractivity contribution in [1.82, 2.24) is 25.2 Å². The van der Waals surface area contributed by atoms with Crippen LogP contribution >= 0.6 is 0 Å². The van der Waals surface area contributed by atoms with Crippen molar-refractivity contribution in [2.45, 2.75) is 66.2 Å². The Labute approximate surface area is 264 Å². The molecule has 1 amide bonds. The third kappa shape index (κ3) is 7.51. The molecule has 4 N–H and O–H groups in total. The molecule has 0 saturated carbocycles. The van der Waals surface area contributed by atoms with Crippen molar-refractivity contribution in [3.63, 3.8) is 0 Å². The lowest BCUT2D eigenvalue weighted by molar-refractivity contribution is -0.137. The lowest BCUT2D eigenvalue weighted by Gasteiger charge is -2.30. The average molecular weight is 654 g/mol. The number of nitrogens with one attached hydrogen (secondary N) is 2. The Bertz CT molecular complexity index is 1560. The van der Waals surface area contributed by atoms with Gasteiger partial charge in [0.15, 0.2) is 5.82 Å². The van der Waals surface area contributed by atoms with E-state index >= 15 is 4.39 Å². The van der Waals surface area contributed by atoms with Crippen LogP contribution in [-0.2, 0) is 11.0 Å². The van der Waals surface area contributed by atoms with Gasteiger partial charge in [-0.15, -0.1) is 0 Å². The molecule has 1 saturated heterocycles. The van der Waals surface area contributed by atoms with E-state index in [-0.39, 0.29) is 47.0 Å². The van der Waals surface area contributed by atoms with Gasteiger partial charge < -0.3 is 30.7 Å². The summed E-state index contributed by atoms with van der Waals surface area (Å²) >= 11 is 0. The standard InChI is InChI=1S/C29H34F5N7O3.C2H6/c1-14-4-7-36-8-9-37-26-20-25(39-28(40-26)43-13-17-5-10-41(11-6-17)16(3)42)23(31)24(38-27(20)44-14)18-12-19(35)22(30)15(2)21(18)29(32,33)34;1-2/h12,14,17,36H,4-11,13,35H2,1-3H3,(H,37,39,40);1-2H3. The second-order valence-corrected chi connectivity index (χ2v) is 11.1. The van der Waals surface area contributed by atoms with Crippen LogP contribution in [0.5, 0.6) is 11.9 Å². The molecular formula is C31H40F5N7O3. The number of carbonyl (C=O) groups is 1. The fourth-order valence-corrected chi connectivity index (χ4v) is 5.50. The number of nitrogens with two attached hydrogens (primary N) is 1. The van der Waals surface area contributed by atoms with Crippen molar-refractivity contribution < 1.29 is 36.2 Å². The number of anilines is 2. The number of hydrogen-bond acceptors (Lipinski definition) is 9. The van der Waals surface area contributed by atoms with Gasteiger partial charge in [-0.05, 0) is 57.2 Å². The van der Waals surface area contributed by atoms with Crippen LogP contribution in [0.2, 0.25) is 0 Å². The predicted molar refractivity (Wildman–Crippen MR) is 165 cm³/mol. The summed E-state index contributed by atoms with van der Waals surface area (Å²) in [6, 6.07) is 0.525. The molecule has 10 nitrogen and oxygen atoms in total. The maximum absolute atomic E-state index is 16.5. The van der Waals surface area contributed by atoms with E-state index in [9.17, 15) is 22.4 Å². The number of piperidine rings is 1. The van der Waals surface area contributed by atoms with Crippen molar-refractivity contribution >= 4 is 28.3 Å². The van der Waals surface area contributed by atoms with E-state index < -0.39 is 52.0 Å². The lowest BCUT2D eigenvalue weighted by atomic mass is 9.96. The summed E-state index contributed by atoms with van der Waals surface area (Å²) in [5, 5.41) is 6.38. The number of benzene rings is 1. The van der Waals surface area contributed by atoms with Gasteiger partial charge in [0.1, 0.15) is 28.2 Å². The van der Waals surface area contributed by atoms with Crippen molar-refractivity contribution in [2.75, 3.05) is 50.4 Å². The number of ether oxygens (including phenoxy) is 2. The van der Waals surface area contributed by atoms with E-state index in [0.717, 1.165) is 13.0 Å². The van der Waals surface area contributed by atoms with Crippen molar-refractivity contribution in [2.24, 2.45) is 5.92 Å². The molecule has 2 aromatic heterocycles. The Hall–Kier alpha value is -4.01. The van der Waals surface area contributed by atoms with E-state index in [1.807, 2.05) is 13.8 Å². The molecule has 252 valence electrons. The van der Waals surface area contributed by atoms with Gasteiger partial charge in [-0.2, -0.15) is 23.1 Å². The van der Waals surface area contributed by atoms with Crippen LogP contribution in [-0.4, -0.2) is 71.2 Å². The molecule has 5 rings (SSSR count). The summed E-state index contributed by atoms with van der Waals surface area (Å²) in [6.07, 6.45) is -3.63. The highest BCUT2D eigenvalue weighted by Gasteiger charge is 2.39. The molecule has 15 heteroatoms. The summed E-state index contributed by atoms with van der Waals surface area (Å²) in [5.74, 6) is -2.44. The Morgan fingerprint density at radius 3 is 2.43 bits per heavy atom. The first-order valence-electron chi connectivity index (χ1n) is 15.4. The van der Waals surface area contributed by atoms with Gasteiger partial charge in [-0.1, -0.05) is 13.8 Å². The Morgan fingerprint density at radius 2 is 1.78 bits per heavy atom. The molecule has 0 aliphatic carbocycles. The van der Waals surface area contributed by atoms with Gasteiger partial charge >= 0.3 is 12.2 Å². The fourth-order valence-electron chi connectivity index (χ4n) is 5.50. The van der Waals surface area contributed by atoms with Crippen molar-refractivity contribution in [3.05, 3.63) is 28.8 Å². The van der Waals surface area contributed by atoms with Crippen molar-refractivity contribution in [3.8, 4) is 23.1 Å². The normalized spacial score (nSPS) is 17.7. The van der Waals surface area contributed by atoms with Gasteiger partial charge in [-0.25, -0.2) is 13.8 Å². The van der Waals surface area contributed by atoms with Gasteiger partial charge in [0, 0.05) is 38.7 Å². The lowest BCUT2D eigenvalue weighted by Crippen LogP contribution is -2.38. The summed E-state index contributed by atoms with van der Waals surface area (Å²) in [6.45, 7) is 11.0. The van der Waals surface area contributed by atoms with Crippen LogP contribution in [0.4, 0.5) is 33.5 Å². The number of nitrogen functional groups attached to an aromatic ring is 1. The molecule has 4 heterocycles. The quantitative estimate of drug-likeness (QED) is 0.240. The Kier molecular flexibility index (Phi) is 11.1. The number of alkyl halides is 3. The second kappa shape index (κ2) is 14.6. The van der Waals surface area contributed by atoms with Crippen LogP contribution in [0.15, 0.2) is 6.07 Å². The summed E-state index contributed by atoms with van der Waals surface area (Å²) in [4.78, 5) is 26.4. The van der Waals surface area contributed by atoms with Crippen LogP contribution in [0.1, 0.15) is 58.1 Å². The maximum atomic E-state index is 16.5. The minimum Gasteiger partial charge on any atom is -0.474 e. The van der Waals surface area contributed by atoms with E-state index in [0.29, 0.717) is 52.0 Å². The monoisotopic (exact) mass is 653 g/mol.